The molecule has 1 saturated heterocycles. The standard InChI is InChI=1S/C26H47NO5/c1-6-7-8-9-10-11-12-13-14-15-16-17-18-19-24-23(20-30-26(4,5)32-24)27-25(29)21(2)31-22(3)28/h18-19,21,23-24H,6-17,20H2,1-5H3,(H,27,29)/b19-18+/t21-,23-,24+/m0/s1. The molecule has 1 aliphatic rings. The first-order chi connectivity index (χ1) is 15.2. The van der Waals surface area contributed by atoms with Crippen molar-refractivity contribution >= 4 is 11.9 Å². The Morgan fingerprint density at radius 1 is 1.03 bits per heavy atom. The van der Waals surface area contributed by atoms with Gasteiger partial charge in [0.05, 0.1) is 12.6 Å². The molecule has 0 aromatic rings. The van der Waals surface area contributed by atoms with Crippen molar-refractivity contribution in [2.75, 3.05) is 6.61 Å². The summed E-state index contributed by atoms with van der Waals surface area (Å²) in [6.07, 6.45) is 18.7. The molecule has 0 unspecified atom stereocenters. The Kier molecular flexibility index (Phi) is 14.5. The summed E-state index contributed by atoms with van der Waals surface area (Å²) in [4.78, 5) is 23.4. The van der Waals surface area contributed by atoms with Gasteiger partial charge in [-0.2, -0.15) is 0 Å². The molecule has 6 nitrogen and oxygen atoms in total. The maximum atomic E-state index is 12.3. The van der Waals surface area contributed by atoms with E-state index in [4.69, 9.17) is 14.2 Å². The highest BCUT2D eigenvalue weighted by Crippen LogP contribution is 2.24. The molecule has 1 rings (SSSR count). The van der Waals surface area contributed by atoms with E-state index < -0.39 is 17.9 Å². The third-order valence-electron chi connectivity index (χ3n) is 5.77. The number of carbonyl (C=O) groups excluding carboxylic acids is 2. The average molecular weight is 454 g/mol. The molecule has 186 valence electrons. The zero-order chi connectivity index (χ0) is 23.8. The molecule has 1 fully saturated rings. The SMILES string of the molecule is CCCCCCCCCCCCC/C=C/[C@H]1OC(C)(C)OC[C@@H]1NC(=O)[C@H](C)OC(C)=O. The summed E-state index contributed by atoms with van der Waals surface area (Å²) in [5, 5.41) is 2.89. The van der Waals surface area contributed by atoms with Crippen molar-refractivity contribution in [1.29, 1.82) is 0 Å². The molecule has 3 atom stereocenters. The number of unbranched alkanes of at least 4 members (excludes halogenated alkanes) is 11. The smallest absolute Gasteiger partial charge is 0.303 e. The molecule has 0 spiro atoms. The van der Waals surface area contributed by atoms with E-state index >= 15 is 0 Å². The van der Waals surface area contributed by atoms with Gasteiger partial charge in [-0.25, -0.2) is 0 Å². The number of esters is 1. The van der Waals surface area contributed by atoms with Crippen LogP contribution in [0.5, 0.6) is 0 Å². The summed E-state index contributed by atoms with van der Waals surface area (Å²) < 4.78 is 16.7. The maximum Gasteiger partial charge on any atom is 0.303 e. The number of hydrogen-bond donors (Lipinski definition) is 1. The second kappa shape index (κ2) is 16.2. The van der Waals surface area contributed by atoms with Gasteiger partial charge < -0.3 is 19.5 Å². The van der Waals surface area contributed by atoms with E-state index in [0.717, 1.165) is 6.42 Å². The van der Waals surface area contributed by atoms with E-state index in [-0.39, 0.29) is 18.1 Å². The van der Waals surface area contributed by atoms with Gasteiger partial charge in [0.25, 0.3) is 5.91 Å². The molecule has 0 radical (unpaired) electrons. The van der Waals surface area contributed by atoms with Gasteiger partial charge in [-0.05, 0) is 33.6 Å². The number of rotatable bonds is 16. The lowest BCUT2D eigenvalue weighted by atomic mass is 10.0. The number of allylic oxidation sites excluding steroid dienone is 1. The minimum absolute atomic E-state index is 0.278. The largest absolute Gasteiger partial charge is 0.453 e. The van der Waals surface area contributed by atoms with Gasteiger partial charge in [0.15, 0.2) is 11.9 Å². The Morgan fingerprint density at radius 3 is 2.16 bits per heavy atom. The molecule has 1 aliphatic heterocycles. The van der Waals surface area contributed by atoms with Gasteiger partial charge in [0.2, 0.25) is 0 Å². The summed E-state index contributed by atoms with van der Waals surface area (Å²) in [5.74, 6) is -1.52. The topological polar surface area (TPSA) is 73.9 Å². The van der Waals surface area contributed by atoms with Crippen LogP contribution in [0.25, 0.3) is 0 Å². The fourth-order valence-electron chi connectivity index (χ4n) is 3.89. The third kappa shape index (κ3) is 13.2. The van der Waals surface area contributed by atoms with Crippen LogP contribution in [0.4, 0.5) is 0 Å². The van der Waals surface area contributed by atoms with Crippen LogP contribution in [0, 0.1) is 0 Å². The molecule has 1 amide bonds. The van der Waals surface area contributed by atoms with Gasteiger partial charge in [-0.3, -0.25) is 9.59 Å². The van der Waals surface area contributed by atoms with E-state index in [1.807, 2.05) is 19.9 Å². The predicted molar refractivity (Wildman–Crippen MR) is 128 cm³/mol. The molecule has 0 aromatic heterocycles. The first-order valence-corrected chi connectivity index (χ1v) is 12.7. The Bertz CT molecular complexity index is 560. The molecule has 0 bridgehead atoms. The monoisotopic (exact) mass is 453 g/mol. The lowest BCUT2D eigenvalue weighted by Gasteiger charge is -2.40. The first-order valence-electron chi connectivity index (χ1n) is 12.7. The van der Waals surface area contributed by atoms with Crippen molar-refractivity contribution in [3.63, 3.8) is 0 Å². The van der Waals surface area contributed by atoms with E-state index in [1.54, 1.807) is 6.92 Å². The van der Waals surface area contributed by atoms with Crippen LogP contribution in [0.1, 0.15) is 112 Å². The Morgan fingerprint density at radius 2 is 1.59 bits per heavy atom. The number of ether oxygens (including phenoxy) is 3. The average Bonchev–Trinajstić information content (AvgIpc) is 2.72. The quantitative estimate of drug-likeness (QED) is 0.181. The second-order valence-electron chi connectivity index (χ2n) is 9.41. The summed E-state index contributed by atoms with van der Waals surface area (Å²) >= 11 is 0. The molecule has 1 N–H and O–H groups in total. The van der Waals surface area contributed by atoms with Crippen molar-refractivity contribution in [2.45, 2.75) is 136 Å². The zero-order valence-electron chi connectivity index (χ0n) is 21.1. The Balaban J connectivity index is 2.28. The number of carbonyl (C=O) groups is 2. The van der Waals surface area contributed by atoms with Crippen LogP contribution < -0.4 is 5.32 Å². The third-order valence-corrected chi connectivity index (χ3v) is 5.77. The molecule has 0 aliphatic carbocycles. The lowest BCUT2D eigenvalue weighted by molar-refractivity contribution is -0.271. The maximum absolute atomic E-state index is 12.3. The van der Waals surface area contributed by atoms with Gasteiger partial charge in [-0.15, -0.1) is 0 Å². The van der Waals surface area contributed by atoms with Crippen molar-refractivity contribution < 1.29 is 23.8 Å². The van der Waals surface area contributed by atoms with Gasteiger partial charge in [0, 0.05) is 6.92 Å². The Hall–Kier alpha value is -1.40. The normalized spacial score (nSPS) is 21.4. The van der Waals surface area contributed by atoms with Crippen molar-refractivity contribution in [3.8, 4) is 0 Å². The first kappa shape index (κ1) is 28.6. The molecule has 0 saturated carbocycles. The molecule has 6 heteroatoms. The lowest BCUT2D eigenvalue weighted by Crippen LogP contribution is -2.56. The van der Waals surface area contributed by atoms with Crippen LogP contribution in [0.3, 0.4) is 0 Å². The summed E-state index contributed by atoms with van der Waals surface area (Å²) in [5.41, 5.74) is 0. The fraction of sp³-hybridized carbons (Fsp3) is 0.846. The minimum Gasteiger partial charge on any atom is -0.453 e. The molecule has 1 heterocycles. The van der Waals surface area contributed by atoms with Crippen molar-refractivity contribution in [1.82, 2.24) is 5.32 Å². The molecule has 32 heavy (non-hydrogen) atoms. The summed E-state index contributed by atoms with van der Waals surface area (Å²) in [6, 6.07) is -0.317. The summed E-state index contributed by atoms with van der Waals surface area (Å²) in [6.45, 7) is 9.20. The second-order valence-corrected chi connectivity index (χ2v) is 9.41. The highest BCUT2D eigenvalue weighted by Gasteiger charge is 2.36. The van der Waals surface area contributed by atoms with Gasteiger partial charge in [0.1, 0.15) is 6.10 Å². The van der Waals surface area contributed by atoms with Crippen molar-refractivity contribution in [2.24, 2.45) is 0 Å². The zero-order valence-corrected chi connectivity index (χ0v) is 21.1. The van der Waals surface area contributed by atoms with Gasteiger partial charge in [-0.1, -0.05) is 83.3 Å². The van der Waals surface area contributed by atoms with Crippen molar-refractivity contribution in [3.05, 3.63) is 12.2 Å². The van der Waals surface area contributed by atoms with Crippen LogP contribution in [-0.2, 0) is 23.8 Å². The van der Waals surface area contributed by atoms with Crippen LogP contribution in [0.15, 0.2) is 12.2 Å². The highest BCUT2D eigenvalue weighted by atomic mass is 16.7. The predicted octanol–water partition coefficient (Wildman–Crippen LogP) is 5.83. The van der Waals surface area contributed by atoms with Gasteiger partial charge >= 0.3 is 5.97 Å². The molecule has 0 aromatic carbocycles. The van der Waals surface area contributed by atoms with E-state index in [1.165, 1.54) is 77.6 Å². The van der Waals surface area contributed by atoms with Crippen LogP contribution in [-0.4, -0.2) is 42.5 Å². The molecular weight excluding hydrogens is 406 g/mol. The van der Waals surface area contributed by atoms with E-state index in [2.05, 4.69) is 18.3 Å². The summed E-state index contributed by atoms with van der Waals surface area (Å²) in [7, 11) is 0. The Labute approximate surface area is 195 Å². The number of amides is 1. The number of nitrogens with one attached hydrogen (secondary N) is 1. The van der Waals surface area contributed by atoms with Crippen LogP contribution >= 0.6 is 0 Å². The van der Waals surface area contributed by atoms with E-state index in [0.29, 0.717) is 6.61 Å². The molecular formula is C26H47NO5. The van der Waals surface area contributed by atoms with Crippen LogP contribution in [0.2, 0.25) is 0 Å². The number of hydrogen-bond acceptors (Lipinski definition) is 5. The minimum atomic E-state index is -0.844. The fourth-order valence-corrected chi connectivity index (χ4v) is 3.89. The highest BCUT2D eigenvalue weighted by molar-refractivity contribution is 5.83. The van der Waals surface area contributed by atoms with E-state index in [9.17, 15) is 9.59 Å².